The van der Waals surface area contributed by atoms with E-state index in [-0.39, 0.29) is 11.7 Å². The van der Waals surface area contributed by atoms with E-state index < -0.39 is 0 Å². The van der Waals surface area contributed by atoms with Gasteiger partial charge in [0.2, 0.25) is 0 Å². The van der Waals surface area contributed by atoms with Gasteiger partial charge >= 0.3 is 0 Å². The van der Waals surface area contributed by atoms with Crippen molar-refractivity contribution < 1.29 is 9.18 Å². The third-order valence-electron chi connectivity index (χ3n) is 4.80. The number of carbonyl (C=O) groups excluding carboxylic acids is 1. The summed E-state index contributed by atoms with van der Waals surface area (Å²) in [7, 11) is 0. The molecule has 1 amide bonds. The van der Waals surface area contributed by atoms with Crippen molar-refractivity contribution in [2.45, 2.75) is 32.7 Å². The fourth-order valence-electron chi connectivity index (χ4n) is 3.26. The van der Waals surface area contributed by atoms with E-state index in [1.165, 1.54) is 12.1 Å². The van der Waals surface area contributed by atoms with Crippen LogP contribution in [0.25, 0.3) is 16.9 Å². The lowest BCUT2D eigenvalue weighted by atomic mass is 10.1. The minimum atomic E-state index is -0.272. The van der Waals surface area contributed by atoms with E-state index in [1.54, 1.807) is 12.1 Å². The molecule has 0 aliphatic heterocycles. The molecule has 0 spiro atoms. The summed E-state index contributed by atoms with van der Waals surface area (Å²) in [6.45, 7) is 4.00. The molecular weight excluding hydrogens is 327 g/mol. The Kier molecular flexibility index (Phi) is 4.11. The van der Waals surface area contributed by atoms with E-state index >= 15 is 0 Å². The fraction of sp³-hybridized carbons (Fsp3) is 0.227. The third-order valence-corrected chi connectivity index (χ3v) is 4.80. The van der Waals surface area contributed by atoms with Crippen LogP contribution in [0.4, 0.5) is 4.39 Å². The van der Waals surface area contributed by atoms with E-state index in [0.717, 1.165) is 41.0 Å². The zero-order valence-corrected chi connectivity index (χ0v) is 14.9. The maximum atomic E-state index is 13.4. The molecule has 0 radical (unpaired) electrons. The van der Waals surface area contributed by atoms with Gasteiger partial charge in [0.05, 0.1) is 11.3 Å². The molecule has 0 bridgehead atoms. The van der Waals surface area contributed by atoms with E-state index in [1.807, 2.05) is 38.1 Å². The first-order chi connectivity index (χ1) is 12.5. The molecule has 0 unspecified atom stereocenters. The van der Waals surface area contributed by atoms with Crippen LogP contribution >= 0.6 is 0 Å². The van der Waals surface area contributed by atoms with Gasteiger partial charge in [0, 0.05) is 17.4 Å². The molecule has 1 N–H and O–H groups in total. The number of hydrogen-bond acceptors (Lipinski definition) is 1. The maximum absolute atomic E-state index is 13.4. The predicted octanol–water partition coefficient (Wildman–Crippen LogP) is 4.79. The molecule has 1 heterocycles. The van der Waals surface area contributed by atoms with Gasteiger partial charge in [0.25, 0.3) is 5.91 Å². The first kappa shape index (κ1) is 16.6. The second-order valence-electron chi connectivity index (χ2n) is 6.96. The molecule has 1 fully saturated rings. The van der Waals surface area contributed by atoms with E-state index in [0.29, 0.717) is 11.6 Å². The number of benzene rings is 2. The van der Waals surface area contributed by atoms with Crippen LogP contribution in [0, 0.1) is 19.7 Å². The predicted molar refractivity (Wildman–Crippen MR) is 101 cm³/mol. The number of hydrogen-bond donors (Lipinski definition) is 1. The first-order valence-corrected chi connectivity index (χ1v) is 8.89. The Morgan fingerprint density at radius 3 is 2.46 bits per heavy atom. The summed E-state index contributed by atoms with van der Waals surface area (Å²) in [6, 6.07) is 16.8. The summed E-state index contributed by atoms with van der Waals surface area (Å²) >= 11 is 0. The summed E-state index contributed by atoms with van der Waals surface area (Å²) in [4.78, 5) is 12.7. The highest BCUT2D eigenvalue weighted by Crippen LogP contribution is 2.30. The van der Waals surface area contributed by atoms with Crippen LogP contribution in [-0.4, -0.2) is 16.5 Å². The molecule has 26 heavy (non-hydrogen) atoms. The van der Waals surface area contributed by atoms with Gasteiger partial charge in [-0.15, -0.1) is 0 Å². The quantitative estimate of drug-likeness (QED) is 0.722. The highest BCUT2D eigenvalue weighted by molar-refractivity contribution is 5.97. The first-order valence-electron chi connectivity index (χ1n) is 8.89. The Balaban J connectivity index is 1.87. The van der Waals surface area contributed by atoms with Crippen molar-refractivity contribution in [3.05, 3.63) is 77.2 Å². The Morgan fingerprint density at radius 1 is 1.08 bits per heavy atom. The highest BCUT2D eigenvalue weighted by Gasteiger charge is 2.26. The second-order valence-corrected chi connectivity index (χ2v) is 6.96. The zero-order valence-electron chi connectivity index (χ0n) is 14.9. The van der Waals surface area contributed by atoms with Crippen LogP contribution < -0.4 is 5.32 Å². The number of carbonyl (C=O) groups is 1. The standard InChI is InChI=1S/C22H21FN2O/c1-14-4-3-5-19(12-14)25-15(2)20(22(26)24-18-10-11-18)13-21(25)16-6-8-17(23)9-7-16/h3-9,12-13,18H,10-11H2,1-2H3,(H,24,26). The molecular formula is C22H21FN2O. The van der Waals surface area contributed by atoms with Crippen molar-refractivity contribution in [2.75, 3.05) is 0 Å². The van der Waals surface area contributed by atoms with Crippen molar-refractivity contribution in [1.29, 1.82) is 0 Å². The summed E-state index contributed by atoms with van der Waals surface area (Å²) in [5.74, 6) is -0.314. The summed E-state index contributed by atoms with van der Waals surface area (Å²) < 4.78 is 15.4. The van der Waals surface area contributed by atoms with Crippen LogP contribution in [0.1, 0.15) is 34.5 Å². The van der Waals surface area contributed by atoms with Crippen LogP contribution in [-0.2, 0) is 0 Å². The van der Waals surface area contributed by atoms with Crippen LogP contribution in [0.5, 0.6) is 0 Å². The van der Waals surface area contributed by atoms with E-state index in [2.05, 4.69) is 16.0 Å². The van der Waals surface area contributed by atoms with Gasteiger partial charge in [-0.2, -0.15) is 0 Å². The largest absolute Gasteiger partial charge is 0.349 e. The fourth-order valence-corrected chi connectivity index (χ4v) is 3.26. The van der Waals surface area contributed by atoms with Crippen LogP contribution in [0.3, 0.4) is 0 Å². The summed E-state index contributed by atoms with van der Waals surface area (Å²) in [5, 5.41) is 3.06. The molecule has 0 saturated heterocycles. The van der Waals surface area contributed by atoms with Crippen LogP contribution in [0.15, 0.2) is 54.6 Å². The molecule has 132 valence electrons. The number of aromatic nitrogens is 1. The lowest BCUT2D eigenvalue weighted by molar-refractivity contribution is 0.0950. The van der Waals surface area contributed by atoms with Gasteiger partial charge in [0.15, 0.2) is 0 Å². The zero-order chi connectivity index (χ0) is 18.3. The highest BCUT2D eigenvalue weighted by atomic mass is 19.1. The molecule has 3 aromatic rings. The molecule has 1 aromatic heterocycles. The normalized spacial score (nSPS) is 13.7. The molecule has 1 aliphatic rings. The SMILES string of the molecule is Cc1cccc(-n2c(-c3ccc(F)cc3)cc(C(=O)NC3CC3)c2C)c1. The topological polar surface area (TPSA) is 34.0 Å². The van der Waals surface area contributed by atoms with Crippen molar-refractivity contribution >= 4 is 5.91 Å². The summed E-state index contributed by atoms with van der Waals surface area (Å²) in [5.41, 5.74) is 5.44. The van der Waals surface area contributed by atoms with Crippen molar-refractivity contribution in [2.24, 2.45) is 0 Å². The van der Waals surface area contributed by atoms with Gasteiger partial charge in [-0.05, 0) is 80.3 Å². The smallest absolute Gasteiger partial charge is 0.253 e. The van der Waals surface area contributed by atoms with E-state index in [9.17, 15) is 9.18 Å². The van der Waals surface area contributed by atoms with Gasteiger partial charge in [0.1, 0.15) is 5.82 Å². The average Bonchev–Trinajstić information content (AvgIpc) is 3.36. The molecule has 2 aromatic carbocycles. The molecule has 0 atom stereocenters. The number of halogens is 1. The number of nitrogens with zero attached hydrogens (tertiary/aromatic N) is 1. The van der Waals surface area contributed by atoms with Crippen molar-refractivity contribution in [3.8, 4) is 16.9 Å². The number of amides is 1. The summed E-state index contributed by atoms with van der Waals surface area (Å²) in [6.07, 6.45) is 2.10. The van der Waals surface area contributed by atoms with Gasteiger partial charge in [-0.25, -0.2) is 4.39 Å². The molecule has 4 rings (SSSR count). The van der Waals surface area contributed by atoms with Gasteiger partial charge in [-0.3, -0.25) is 4.79 Å². The Hall–Kier alpha value is -2.88. The molecule has 4 heteroatoms. The lowest BCUT2D eigenvalue weighted by Crippen LogP contribution is -2.25. The van der Waals surface area contributed by atoms with Crippen molar-refractivity contribution in [1.82, 2.24) is 9.88 Å². The number of rotatable bonds is 4. The average molecular weight is 348 g/mol. The molecule has 1 aliphatic carbocycles. The minimum absolute atomic E-state index is 0.0419. The Bertz CT molecular complexity index is 968. The van der Waals surface area contributed by atoms with Gasteiger partial charge in [-0.1, -0.05) is 12.1 Å². The Labute approximate surface area is 152 Å². The van der Waals surface area contributed by atoms with Crippen LogP contribution in [0.2, 0.25) is 0 Å². The minimum Gasteiger partial charge on any atom is -0.349 e. The monoisotopic (exact) mass is 348 g/mol. The Morgan fingerprint density at radius 2 is 1.81 bits per heavy atom. The van der Waals surface area contributed by atoms with E-state index in [4.69, 9.17) is 0 Å². The van der Waals surface area contributed by atoms with Gasteiger partial charge < -0.3 is 9.88 Å². The number of aryl methyl sites for hydroxylation is 1. The van der Waals surface area contributed by atoms with Crippen molar-refractivity contribution in [3.63, 3.8) is 0 Å². The number of nitrogens with one attached hydrogen (secondary N) is 1. The lowest BCUT2D eigenvalue weighted by Gasteiger charge is -2.13. The molecule has 3 nitrogen and oxygen atoms in total. The molecule has 1 saturated carbocycles. The second kappa shape index (κ2) is 6.45. The maximum Gasteiger partial charge on any atom is 0.253 e. The third kappa shape index (κ3) is 3.15.